The van der Waals surface area contributed by atoms with Crippen LogP contribution in [0.1, 0.15) is 16.7 Å². The van der Waals surface area contributed by atoms with Crippen LogP contribution >= 0.6 is 24.0 Å². The summed E-state index contributed by atoms with van der Waals surface area (Å²) in [5.74, 6) is 0.467. The Morgan fingerprint density at radius 2 is 1.66 bits per heavy atom. The van der Waals surface area contributed by atoms with Gasteiger partial charge in [-0.15, -0.1) is 24.0 Å². The molecule has 0 amide bonds. The van der Waals surface area contributed by atoms with E-state index >= 15 is 0 Å². The predicted molar refractivity (Wildman–Crippen MR) is 140 cm³/mol. The van der Waals surface area contributed by atoms with E-state index in [2.05, 4.69) is 68.9 Å². The van der Waals surface area contributed by atoms with E-state index in [1.807, 2.05) is 35.0 Å². The fourth-order valence-corrected chi connectivity index (χ4v) is 3.44. The largest absolute Gasteiger partial charge is 0.370 e. The van der Waals surface area contributed by atoms with Crippen LogP contribution in [0.15, 0.2) is 96.5 Å². The van der Waals surface area contributed by atoms with Gasteiger partial charge in [-0.2, -0.15) is 5.10 Å². The van der Waals surface area contributed by atoms with Gasteiger partial charge in [0.2, 0.25) is 0 Å². The first-order chi connectivity index (χ1) is 15.3. The smallest absolute Gasteiger partial charge is 0.188 e. The van der Waals surface area contributed by atoms with Crippen molar-refractivity contribution in [2.75, 3.05) is 6.54 Å². The second-order valence-corrected chi connectivity index (χ2v) is 7.31. The molecule has 0 aliphatic carbocycles. The van der Waals surface area contributed by atoms with Crippen molar-refractivity contribution in [1.29, 1.82) is 0 Å². The van der Waals surface area contributed by atoms with Crippen molar-refractivity contribution in [3.8, 4) is 11.1 Å². The van der Waals surface area contributed by atoms with Crippen molar-refractivity contribution in [2.45, 2.75) is 19.5 Å². The number of nitrogens with one attached hydrogen (secondary N) is 1. The monoisotopic (exact) mass is 538 g/mol. The average Bonchev–Trinajstić information content (AvgIpc) is 3.32. The summed E-state index contributed by atoms with van der Waals surface area (Å²) in [6.45, 7) is 1.99. The van der Waals surface area contributed by atoms with Gasteiger partial charge in [0.1, 0.15) is 12.7 Å². The first-order valence-electron chi connectivity index (χ1n) is 10.4. The summed E-state index contributed by atoms with van der Waals surface area (Å²) >= 11 is 0. The molecule has 0 radical (unpaired) electrons. The number of aromatic nitrogens is 3. The first-order valence-corrected chi connectivity index (χ1v) is 10.4. The molecule has 0 bridgehead atoms. The van der Waals surface area contributed by atoms with Crippen molar-refractivity contribution in [1.82, 2.24) is 20.1 Å². The topological polar surface area (TPSA) is 81.1 Å². The van der Waals surface area contributed by atoms with Gasteiger partial charge in [-0.1, -0.05) is 78.9 Å². The maximum atomic E-state index is 6.08. The normalized spacial score (nSPS) is 11.1. The van der Waals surface area contributed by atoms with E-state index < -0.39 is 0 Å². The third-order valence-corrected chi connectivity index (χ3v) is 5.08. The van der Waals surface area contributed by atoms with Crippen LogP contribution in [0.25, 0.3) is 11.1 Å². The van der Waals surface area contributed by atoms with Crippen LogP contribution in [0.3, 0.4) is 0 Å². The summed E-state index contributed by atoms with van der Waals surface area (Å²) in [5.41, 5.74) is 12.0. The molecular formula is C25H27IN6. The van der Waals surface area contributed by atoms with Crippen molar-refractivity contribution < 1.29 is 0 Å². The molecule has 0 aliphatic rings. The summed E-state index contributed by atoms with van der Waals surface area (Å²) in [7, 11) is 0. The number of benzene rings is 3. The third kappa shape index (κ3) is 6.65. The Balaban J connectivity index is 0.00000289. The molecule has 0 aliphatic heterocycles. The summed E-state index contributed by atoms with van der Waals surface area (Å²) in [6, 6.07) is 27.2. The highest BCUT2D eigenvalue weighted by atomic mass is 127. The van der Waals surface area contributed by atoms with Crippen LogP contribution in [0.4, 0.5) is 0 Å². The number of nitrogens with zero attached hydrogens (tertiary/aromatic N) is 4. The molecule has 32 heavy (non-hydrogen) atoms. The number of hydrogen-bond donors (Lipinski definition) is 2. The molecule has 4 rings (SSSR count). The molecule has 0 saturated carbocycles. The molecular weight excluding hydrogens is 511 g/mol. The second kappa shape index (κ2) is 12.0. The molecule has 7 heteroatoms. The van der Waals surface area contributed by atoms with Gasteiger partial charge in [0.25, 0.3) is 0 Å². The van der Waals surface area contributed by atoms with Gasteiger partial charge in [-0.05, 0) is 34.2 Å². The number of rotatable bonds is 8. The highest BCUT2D eigenvalue weighted by Crippen LogP contribution is 2.25. The number of nitrogens with two attached hydrogens (primary N) is 1. The van der Waals surface area contributed by atoms with Gasteiger partial charge in [-0.25, -0.2) is 14.7 Å². The quantitative estimate of drug-likeness (QED) is 0.200. The molecule has 1 heterocycles. The zero-order valence-corrected chi connectivity index (χ0v) is 20.1. The lowest BCUT2D eigenvalue weighted by Gasteiger charge is -2.10. The van der Waals surface area contributed by atoms with Crippen LogP contribution in [-0.4, -0.2) is 27.3 Å². The number of hydrogen-bond acceptors (Lipinski definition) is 3. The van der Waals surface area contributed by atoms with Crippen molar-refractivity contribution in [2.24, 2.45) is 10.7 Å². The fourth-order valence-electron chi connectivity index (χ4n) is 3.44. The lowest BCUT2D eigenvalue weighted by Crippen LogP contribution is -2.33. The minimum Gasteiger partial charge on any atom is -0.370 e. The Bertz CT molecular complexity index is 1110. The van der Waals surface area contributed by atoms with E-state index in [9.17, 15) is 0 Å². The molecule has 0 fully saturated rings. The highest BCUT2D eigenvalue weighted by molar-refractivity contribution is 14.0. The molecule has 0 saturated heterocycles. The molecule has 6 nitrogen and oxygen atoms in total. The molecule has 0 unspecified atom stereocenters. The highest BCUT2D eigenvalue weighted by Gasteiger charge is 2.05. The van der Waals surface area contributed by atoms with Crippen LogP contribution in [0.5, 0.6) is 0 Å². The van der Waals surface area contributed by atoms with Gasteiger partial charge in [0, 0.05) is 6.54 Å². The maximum Gasteiger partial charge on any atom is 0.188 e. The van der Waals surface area contributed by atoms with E-state index in [0.29, 0.717) is 19.0 Å². The Labute approximate surface area is 205 Å². The zero-order valence-electron chi connectivity index (χ0n) is 17.8. The molecule has 164 valence electrons. The molecule has 1 aromatic heterocycles. The van der Waals surface area contributed by atoms with Crippen LogP contribution in [-0.2, 0) is 19.5 Å². The summed E-state index contributed by atoms with van der Waals surface area (Å²) in [5, 5.41) is 7.36. The SMILES string of the molecule is I.NC(=NCc1ccccc1-c1ccc(Cn2cncn2)cc1)NCCc1ccccc1. The number of halogens is 1. The van der Waals surface area contributed by atoms with E-state index in [1.54, 1.807) is 12.7 Å². The zero-order chi connectivity index (χ0) is 21.3. The predicted octanol–water partition coefficient (Wildman–Crippen LogP) is 4.26. The fraction of sp³-hybridized carbons (Fsp3) is 0.160. The van der Waals surface area contributed by atoms with Crippen LogP contribution in [0.2, 0.25) is 0 Å². The molecule has 3 N–H and O–H groups in total. The van der Waals surface area contributed by atoms with E-state index in [1.165, 1.54) is 11.1 Å². The molecule has 0 spiro atoms. The Morgan fingerprint density at radius 3 is 2.41 bits per heavy atom. The van der Waals surface area contributed by atoms with Gasteiger partial charge in [0.15, 0.2) is 5.96 Å². The average molecular weight is 538 g/mol. The van der Waals surface area contributed by atoms with Gasteiger partial charge in [-0.3, -0.25) is 0 Å². The first kappa shape index (κ1) is 23.5. The summed E-state index contributed by atoms with van der Waals surface area (Å²) in [6.07, 6.45) is 4.18. The van der Waals surface area contributed by atoms with Gasteiger partial charge >= 0.3 is 0 Å². The van der Waals surface area contributed by atoms with Crippen LogP contribution < -0.4 is 11.1 Å². The minimum atomic E-state index is 0. The number of aliphatic imine (C=N–C) groups is 1. The standard InChI is InChI=1S/C25H26N6.HI/c26-25(28-15-14-20-6-2-1-3-7-20)29-16-23-8-4-5-9-24(23)22-12-10-21(11-13-22)17-31-19-27-18-30-31;/h1-13,18-19H,14-17H2,(H3,26,28,29);1H. The maximum absolute atomic E-state index is 6.08. The Kier molecular flexibility index (Phi) is 8.79. The number of guanidine groups is 1. The van der Waals surface area contributed by atoms with E-state index in [0.717, 1.165) is 29.7 Å². The Hall–Kier alpha value is -3.20. The molecule has 4 aromatic rings. The summed E-state index contributed by atoms with van der Waals surface area (Å²) in [4.78, 5) is 8.53. The molecule has 3 aromatic carbocycles. The van der Waals surface area contributed by atoms with E-state index in [4.69, 9.17) is 5.73 Å². The summed E-state index contributed by atoms with van der Waals surface area (Å²) < 4.78 is 1.81. The van der Waals surface area contributed by atoms with Crippen molar-refractivity contribution >= 4 is 29.9 Å². The minimum absolute atomic E-state index is 0. The molecule has 0 atom stereocenters. The Morgan fingerprint density at radius 1 is 0.906 bits per heavy atom. The lowest BCUT2D eigenvalue weighted by atomic mass is 9.98. The third-order valence-electron chi connectivity index (χ3n) is 5.08. The van der Waals surface area contributed by atoms with Gasteiger partial charge in [0.05, 0.1) is 13.1 Å². The van der Waals surface area contributed by atoms with Crippen LogP contribution in [0, 0.1) is 0 Å². The van der Waals surface area contributed by atoms with Crippen molar-refractivity contribution in [3.63, 3.8) is 0 Å². The van der Waals surface area contributed by atoms with Gasteiger partial charge < -0.3 is 11.1 Å². The van der Waals surface area contributed by atoms with E-state index in [-0.39, 0.29) is 24.0 Å². The van der Waals surface area contributed by atoms with Crippen molar-refractivity contribution in [3.05, 3.63) is 108 Å². The lowest BCUT2D eigenvalue weighted by molar-refractivity contribution is 0.685. The second-order valence-electron chi connectivity index (χ2n) is 7.31.